The summed E-state index contributed by atoms with van der Waals surface area (Å²) >= 11 is 6.32. The third-order valence-electron chi connectivity index (χ3n) is 4.60. The summed E-state index contributed by atoms with van der Waals surface area (Å²) in [4.78, 5) is 18.7. The Hall–Kier alpha value is -2.27. The second kappa shape index (κ2) is 8.90. The van der Waals surface area contributed by atoms with Crippen LogP contribution in [0.25, 0.3) is 0 Å². The zero-order valence-electron chi connectivity index (χ0n) is 15.0. The average Bonchev–Trinajstić information content (AvgIpc) is 2.70. The van der Waals surface area contributed by atoms with Gasteiger partial charge in [-0.25, -0.2) is 4.98 Å². The molecule has 26 heavy (non-hydrogen) atoms. The predicted octanol–water partition coefficient (Wildman–Crippen LogP) is 4.02. The zero-order valence-corrected chi connectivity index (χ0v) is 15.8. The summed E-state index contributed by atoms with van der Waals surface area (Å²) in [6.07, 6.45) is 5.78. The van der Waals surface area contributed by atoms with E-state index in [1.807, 2.05) is 29.2 Å². The summed E-state index contributed by atoms with van der Waals surface area (Å²) in [5.74, 6) is 1.47. The number of likely N-dealkylation sites (tertiary alicyclic amines) is 1. The van der Waals surface area contributed by atoms with E-state index in [9.17, 15) is 4.79 Å². The molecule has 1 amide bonds. The van der Waals surface area contributed by atoms with Crippen molar-refractivity contribution in [3.05, 3.63) is 52.7 Å². The van der Waals surface area contributed by atoms with E-state index in [4.69, 9.17) is 16.3 Å². The second-order valence-electron chi connectivity index (χ2n) is 6.43. The molecule has 0 saturated carbocycles. The number of amides is 1. The Morgan fingerprint density at radius 1 is 1.23 bits per heavy atom. The number of hydrogen-bond donors (Lipinski definition) is 1. The lowest BCUT2D eigenvalue weighted by Gasteiger charge is -2.26. The molecule has 3 rings (SSSR count). The number of methoxy groups -OCH3 is 1. The number of benzene rings is 1. The lowest BCUT2D eigenvalue weighted by atomic mass is 10.1. The van der Waals surface area contributed by atoms with Crippen LogP contribution in [0.4, 0.5) is 5.82 Å². The van der Waals surface area contributed by atoms with E-state index in [0.717, 1.165) is 38.1 Å². The number of carbonyl (C=O) groups excluding carboxylic acids is 1. The number of ether oxygens (including phenoxy) is 1. The van der Waals surface area contributed by atoms with Crippen LogP contribution < -0.4 is 10.1 Å². The standard InChI is InChI=1S/C20H24ClN3O2/c1-26-17-7-5-15(6-8-17)9-10-22-19-18(21)13-16(14-23-19)20(25)24-11-3-2-4-12-24/h5-8,13-14H,2-4,9-12H2,1H3,(H,22,23). The molecule has 1 N–H and O–H groups in total. The Morgan fingerprint density at radius 2 is 1.96 bits per heavy atom. The van der Waals surface area contributed by atoms with Gasteiger partial charge < -0.3 is 15.0 Å². The third kappa shape index (κ3) is 4.67. The summed E-state index contributed by atoms with van der Waals surface area (Å²) in [5, 5.41) is 3.71. The minimum Gasteiger partial charge on any atom is -0.497 e. The van der Waals surface area contributed by atoms with Crippen molar-refractivity contribution < 1.29 is 9.53 Å². The van der Waals surface area contributed by atoms with E-state index in [1.165, 1.54) is 12.0 Å². The number of nitrogens with one attached hydrogen (secondary N) is 1. The Bertz CT molecular complexity index is 743. The number of pyridine rings is 1. The maximum absolute atomic E-state index is 12.5. The minimum absolute atomic E-state index is 0.0175. The van der Waals surface area contributed by atoms with Crippen molar-refractivity contribution in [3.63, 3.8) is 0 Å². The molecule has 1 saturated heterocycles. The molecule has 1 aliphatic rings. The highest BCUT2D eigenvalue weighted by Crippen LogP contribution is 2.22. The van der Waals surface area contributed by atoms with Gasteiger partial charge >= 0.3 is 0 Å². The highest BCUT2D eigenvalue weighted by Gasteiger charge is 2.19. The molecule has 0 unspecified atom stereocenters. The van der Waals surface area contributed by atoms with E-state index in [-0.39, 0.29) is 5.91 Å². The largest absolute Gasteiger partial charge is 0.497 e. The maximum Gasteiger partial charge on any atom is 0.255 e. The van der Waals surface area contributed by atoms with Crippen LogP contribution in [0.3, 0.4) is 0 Å². The fourth-order valence-electron chi connectivity index (χ4n) is 3.08. The number of nitrogens with zero attached hydrogens (tertiary/aromatic N) is 2. The highest BCUT2D eigenvalue weighted by molar-refractivity contribution is 6.33. The van der Waals surface area contributed by atoms with E-state index in [0.29, 0.717) is 22.9 Å². The molecule has 6 heteroatoms. The molecule has 1 fully saturated rings. The molecule has 1 aliphatic heterocycles. The van der Waals surface area contributed by atoms with Crippen LogP contribution in [0.5, 0.6) is 5.75 Å². The zero-order chi connectivity index (χ0) is 18.4. The molecule has 5 nitrogen and oxygen atoms in total. The first-order valence-electron chi connectivity index (χ1n) is 8.99. The van der Waals surface area contributed by atoms with Gasteiger partial charge in [-0.05, 0) is 49.4 Å². The van der Waals surface area contributed by atoms with Gasteiger partial charge in [0.15, 0.2) is 0 Å². The van der Waals surface area contributed by atoms with Crippen LogP contribution in [-0.2, 0) is 6.42 Å². The molecule has 0 atom stereocenters. The van der Waals surface area contributed by atoms with Gasteiger partial charge in [0.05, 0.1) is 17.7 Å². The summed E-state index contributed by atoms with van der Waals surface area (Å²) < 4.78 is 5.16. The van der Waals surface area contributed by atoms with E-state index in [1.54, 1.807) is 19.4 Å². The Balaban J connectivity index is 1.56. The van der Waals surface area contributed by atoms with Gasteiger partial charge in [-0.2, -0.15) is 0 Å². The molecular weight excluding hydrogens is 350 g/mol. The first-order valence-corrected chi connectivity index (χ1v) is 9.37. The van der Waals surface area contributed by atoms with Crippen molar-refractivity contribution >= 4 is 23.3 Å². The van der Waals surface area contributed by atoms with Crippen molar-refractivity contribution in [3.8, 4) is 5.75 Å². The average molecular weight is 374 g/mol. The van der Waals surface area contributed by atoms with Crippen LogP contribution in [0, 0.1) is 0 Å². The van der Waals surface area contributed by atoms with Crippen LogP contribution in [-0.4, -0.2) is 42.5 Å². The SMILES string of the molecule is COc1ccc(CCNc2ncc(C(=O)N3CCCCC3)cc2Cl)cc1. The molecular formula is C20H24ClN3O2. The van der Waals surface area contributed by atoms with Gasteiger partial charge in [0.1, 0.15) is 11.6 Å². The first kappa shape index (κ1) is 18.5. The Labute approximate surface area is 159 Å². The molecule has 1 aromatic carbocycles. The molecule has 1 aromatic heterocycles. The van der Waals surface area contributed by atoms with Crippen molar-refractivity contribution in [2.45, 2.75) is 25.7 Å². The van der Waals surface area contributed by atoms with E-state index < -0.39 is 0 Å². The summed E-state index contributed by atoms with van der Waals surface area (Å²) in [5.41, 5.74) is 1.75. The van der Waals surface area contributed by atoms with Crippen LogP contribution in [0.1, 0.15) is 35.2 Å². The van der Waals surface area contributed by atoms with Gasteiger partial charge in [0.25, 0.3) is 5.91 Å². The predicted molar refractivity (Wildman–Crippen MR) is 104 cm³/mol. The number of anilines is 1. The third-order valence-corrected chi connectivity index (χ3v) is 4.88. The fourth-order valence-corrected chi connectivity index (χ4v) is 3.32. The van der Waals surface area contributed by atoms with Crippen molar-refractivity contribution in [1.29, 1.82) is 0 Å². The van der Waals surface area contributed by atoms with Gasteiger partial charge in [-0.15, -0.1) is 0 Å². The fraction of sp³-hybridized carbons (Fsp3) is 0.400. The number of hydrogen-bond acceptors (Lipinski definition) is 4. The molecule has 2 aromatic rings. The second-order valence-corrected chi connectivity index (χ2v) is 6.84. The number of rotatable bonds is 6. The summed E-state index contributed by atoms with van der Waals surface area (Å²) in [6.45, 7) is 2.34. The molecule has 0 spiro atoms. The molecule has 138 valence electrons. The topological polar surface area (TPSA) is 54.5 Å². The smallest absolute Gasteiger partial charge is 0.255 e. The van der Waals surface area contributed by atoms with E-state index >= 15 is 0 Å². The Kier molecular flexibility index (Phi) is 6.34. The van der Waals surface area contributed by atoms with Gasteiger partial charge in [-0.1, -0.05) is 23.7 Å². The van der Waals surface area contributed by atoms with Crippen LogP contribution in [0.15, 0.2) is 36.5 Å². The number of halogens is 1. The first-order chi connectivity index (χ1) is 12.7. The normalized spacial score (nSPS) is 14.2. The van der Waals surface area contributed by atoms with Crippen molar-refractivity contribution in [2.75, 3.05) is 32.1 Å². The van der Waals surface area contributed by atoms with Gasteiger partial charge in [0, 0.05) is 25.8 Å². The van der Waals surface area contributed by atoms with Crippen molar-refractivity contribution in [1.82, 2.24) is 9.88 Å². The number of piperidine rings is 1. The molecule has 0 radical (unpaired) electrons. The lowest BCUT2D eigenvalue weighted by molar-refractivity contribution is 0.0724. The lowest BCUT2D eigenvalue weighted by Crippen LogP contribution is -2.35. The van der Waals surface area contributed by atoms with E-state index in [2.05, 4.69) is 10.3 Å². The Morgan fingerprint density at radius 3 is 2.62 bits per heavy atom. The molecule has 2 heterocycles. The number of aromatic nitrogens is 1. The molecule has 0 aliphatic carbocycles. The van der Waals surface area contributed by atoms with Gasteiger partial charge in [-0.3, -0.25) is 4.79 Å². The maximum atomic E-state index is 12.5. The highest BCUT2D eigenvalue weighted by atomic mass is 35.5. The number of carbonyl (C=O) groups is 1. The molecule has 0 bridgehead atoms. The van der Waals surface area contributed by atoms with Crippen LogP contribution in [0.2, 0.25) is 5.02 Å². The summed E-state index contributed by atoms with van der Waals surface area (Å²) in [6, 6.07) is 9.68. The minimum atomic E-state index is 0.0175. The summed E-state index contributed by atoms with van der Waals surface area (Å²) in [7, 11) is 1.66. The van der Waals surface area contributed by atoms with Gasteiger partial charge in [0.2, 0.25) is 0 Å². The quantitative estimate of drug-likeness (QED) is 0.830. The monoisotopic (exact) mass is 373 g/mol. The van der Waals surface area contributed by atoms with Crippen molar-refractivity contribution in [2.24, 2.45) is 0 Å². The van der Waals surface area contributed by atoms with Crippen LogP contribution >= 0.6 is 11.6 Å².